The molecule has 1 aromatic rings. The maximum Gasteiger partial charge on any atom is 0.194 e. The van der Waals surface area contributed by atoms with Crippen LogP contribution in [0.25, 0.3) is 0 Å². The van der Waals surface area contributed by atoms with E-state index in [1.165, 1.54) is 5.56 Å². The molecule has 2 saturated heterocycles. The molecule has 2 aliphatic heterocycles. The van der Waals surface area contributed by atoms with Crippen molar-refractivity contribution in [3.8, 4) is 5.75 Å². The Labute approximate surface area is 178 Å². The molecular formula is C19H30IN3O2S. The molecule has 7 heteroatoms. The highest BCUT2D eigenvalue weighted by Gasteiger charge is 2.32. The average Bonchev–Trinajstić information content (AvgIpc) is 3.29. The number of nitrogens with zero attached hydrogens (tertiary/aromatic N) is 2. The molecule has 2 unspecified atom stereocenters. The minimum Gasteiger partial charge on any atom is -0.497 e. The van der Waals surface area contributed by atoms with Crippen molar-refractivity contribution in [1.29, 1.82) is 0 Å². The highest BCUT2D eigenvalue weighted by molar-refractivity contribution is 14.0. The van der Waals surface area contributed by atoms with Crippen LogP contribution in [0.5, 0.6) is 5.75 Å². The molecule has 2 N–H and O–H groups in total. The average molecular weight is 491 g/mol. The molecule has 2 aliphatic rings. The van der Waals surface area contributed by atoms with E-state index in [4.69, 9.17) is 9.73 Å². The number of aliphatic imine (C=N–C) groups is 1. The molecule has 0 aliphatic carbocycles. The lowest BCUT2D eigenvalue weighted by Gasteiger charge is -2.24. The minimum absolute atomic E-state index is 0. The first kappa shape index (κ1) is 21.6. The molecule has 5 nitrogen and oxygen atoms in total. The van der Waals surface area contributed by atoms with E-state index in [0.717, 1.165) is 55.7 Å². The quantitative estimate of drug-likeness (QED) is 0.377. The van der Waals surface area contributed by atoms with Crippen molar-refractivity contribution < 1.29 is 9.84 Å². The van der Waals surface area contributed by atoms with Gasteiger partial charge in [0.05, 0.1) is 19.3 Å². The van der Waals surface area contributed by atoms with Gasteiger partial charge in [0.2, 0.25) is 0 Å². The van der Waals surface area contributed by atoms with Crippen LogP contribution < -0.4 is 10.1 Å². The number of methoxy groups -OCH3 is 1. The third-order valence-corrected chi connectivity index (χ3v) is 6.25. The maximum atomic E-state index is 10.5. The van der Waals surface area contributed by atoms with E-state index < -0.39 is 5.60 Å². The Morgan fingerprint density at radius 1 is 1.42 bits per heavy atom. The summed E-state index contributed by atoms with van der Waals surface area (Å²) in [4.78, 5) is 7.08. The standard InChI is InChI=1S/C19H29N3O2S.HI/c1-3-20-18(21-13-19(23)9-11-25-14-19)22-10-8-16(12-22)15-4-6-17(24-2)7-5-15;/h4-7,16,23H,3,8-14H2,1-2H3,(H,20,21);1H. The van der Waals surface area contributed by atoms with E-state index in [9.17, 15) is 5.11 Å². The van der Waals surface area contributed by atoms with Gasteiger partial charge >= 0.3 is 0 Å². The van der Waals surface area contributed by atoms with Gasteiger partial charge in [-0.2, -0.15) is 11.8 Å². The number of halogens is 1. The van der Waals surface area contributed by atoms with Crippen LogP contribution >= 0.6 is 35.7 Å². The molecule has 0 spiro atoms. The zero-order valence-corrected chi connectivity index (χ0v) is 18.8. The van der Waals surface area contributed by atoms with Gasteiger partial charge < -0.3 is 20.1 Å². The van der Waals surface area contributed by atoms with Gasteiger partial charge in [0.25, 0.3) is 0 Å². The van der Waals surface area contributed by atoms with Gasteiger partial charge in [-0.05, 0) is 43.2 Å². The fourth-order valence-corrected chi connectivity index (χ4v) is 4.75. The molecule has 2 atom stereocenters. The lowest BCUT2D eigenvalue weighted by Crippen LogP contribution is -2.42. The highest BCUT2D eigenvalue weighted by Crippen LogP contribution is 2.30. The first-order chi connectivity index (χ1) is 12.1. The van der Waals surface area contributed by atoms with E-state index in [0.29, 0.717) is 12.5 Å². The van der Waals surface area contributed by atoms with Gasteiger partial charge in [-0.3, -0.25) is 4.99 Å². The van der Waals surface area contributed by atoms with Crippen LogP contribution in [0.2, 0.25) is 0 Å². The van der Waals surface area contributed by atoms with Crippen molar-refractivity contribution in [2.45, 2.75) is 31.3 Å². The van der Waals surface area contributed by atoms with Crippen molar-refractivity contribution in [3.05, 3.63) is 29.8 Å². The summed E-state index contributed by atoms with van der Waals surface area (Å²) in [6.45, 7) is 5.38. The summed E-state index contributed by atoms with van der Waals surface area (Å²) in [5, 5.41) is 13.9. The lowest BCUT2D eigenvalue weighted by atomic mass is 9.98. The number of hydrogen-bond acceptors (Lipinski definition) is 4. The molecule has 0 radical (unpaired) electrons. The van der Waals surface area contributed by atoms with Gasteiger partial charge in [-0.1, -0.05) is 12.1 Å². The van der Waals surface area contributed by atoms with Crippen LogP contribution in [0.1, 0.15) is 31.2 Å². The van der Waals surface area contributed by atoms with Crippen LogP contribution in [0.4, 0.5) is 0 Å². The molecule has 3 rings (SSSR count). The Kier molecular flexibility index (Phi) is 8.35. The fraction of sp³-hybridized carbons (Fsp3) is 0.632. The second-order valence-corrected chi connectivity index (χ2v) is 8.01. The minimum atomic E-state index is -0.625. The van der Waals surface area contributed by atoms with Crippen molar-refractivity contribution in [3.63, 3.8) is 0 Å². The topological polar surface area (TPSA) is 57.1 Å². The van der Waals surface area contributed by atoms with Gasteiger partial charge in [0.1, 0.15) is 5.75 Å². The van der Waals surface area contributed by atoms with Crippen molar-refractivity contribution in [2.24, 2.45) is 4.99 Å². The first-order valence-electron chi connectivity index (χ1n) is 9.11. The molecular weight excluding hydrogens is 461 g/mol. The molecule has 0 saturated carbocycles. The summed E-state index contributed by atoms with van der Waals surface area (Å²) >= 11 is 1.82. The van der Waals surface area contributed by atoms with Crippen LogP contribution in [0.15, 0.2) is 29.3 Å². The second kappa shape index (κ2) is 10.0. The van der Waals surface area contributed by atoms with E-state index in [2.05, 4.69) is 29.3 Å². The Morgan fingerprint density at radius 2 is 2.19 bits per heavy atom. The molecule has 0 amide bonds. The Balaban J connectivity index is 0.00000243. The van der Waals surface area contributed by atoms with Gasteiger partial charge in [0.15, 0.2) is 5.96 Å². The van der Waals surface area contributed by atoms with E-state index >= 15 is 0 Å². The van der Waals surface area contributed by atoms with Gasteiger partial charge in [-0.25, -0.2) is 0 Å². The number of likely N-dealkylation sites (tertiary alicyclic amines) is 1. The normalized spacial score (nSPS) is 25.9. The molecule has 0 bridgehead atoms. The van der Waals surface area contributed by atoms with Gasteiger partial charge in [0, 0.05) is 31.3 Å². The second-order valence-electron chi connectivity index (χ2n) is 6.90. The predicted molar refractivity (Wildman–Crippen MR) is 120 cm³/mol. The number of hydrogen-bond donors (Lipinski definition) is 2. The van der Waals surface area contributed by atoms with Crippen LogP contribution in [-0.2, 0) is 0 Å². The third-order valence-electron chi connectivity index (χ3n) is 5.02. The number of rotatable bonds is 5. The molecule has 0 aromatic heterocycles. The maximum absolute atomic E-state index is 10.5. The molecule has 2 fully saturated rings. The molecule has 146 valence electrons. The van der Waals surface area contributed by atoms with Crippen molar-refractivity contribution in [2.75, 3.05) is 44.8 Å². The van der Waals surface area contributed by atoms with Crippen LogP contribution in [-0.4, -0.2) is 66.4 Å². The van der Waals surface area contributed by atoms with Crippen molar-refractivity contribution in [1.82, 2.24) is 10.2 Å². The summed E-state index contributed by atoms with van der Waals surface area (Å²) in [6.07, 6.45) is 1.96. The fourth-order valence-electron chi connectivity index (χ4n) is 3.47. The molecule has 2 heterocycles. The third kappa shape index (κ3) is 5.42. The van der Waals surface area contributed by atoms with Crippen LogP contribution in [0, 0.1) is 0 Å². The Hall–Kier alpha value is -0.670. The van der Waals surface area contributed by atoms with Gasteiger partial charge in [-0.15, -0.1) is 24.0 Å². The van der Waals surface area contributed by atoms with E-state index in [1.54, 1.807) is 7.11 Å². The first-order valence-corrected chi connectivity index (χ1v) is 10.3. The highest BCUT2D eigenvalue weighted by atomic mass is 127. The zero-order chi connectivity index (χ0) is 17.7. The number of guanidine groups is 1. The zero-order valence-electron chi connectivity index (χ0n) is 15.6. The largest absolute Gasteiger partial charge is 0.497 e. The molecule has 1 aromatic carbocycles. The predicted octanol–water partition coefficient (Wildman–Crippen LogP) is 2.94. The lowest BCUT2D eigenvalue weighted by molar-refractivity contribution is 0.0776. The summed E-state index contributed by atoms with van der Waals surface area (Å²) in [7, 11) is 1.70. The smallest absolute Gasteiger partial charge is 0.194 e. The van der Waals surface area contributed by atoms with Crippen LogP contribution in [0.3, 0.4) is 0 Å². The number of aliphatic hydroxyl groups is 1. The van der Waals surface area contributed by atoms with Crippen molar-refractivity contribution >= 4 is 41.7 Å². The number of ether oxygens (including phenoxy) is 1. The Morgan fingerprint density at radius 3 is 2.81 bits per heavy atom. The molecule has 26 heavy (non-hydrogen) atoms. The summed E-state index contributed by atoms with van der Waals surface area (Å²) in [5.74, 6) is 4.18. The Bertz CT molecular complexity index is 591. The number of thioether (sulfide) groups is 1. The van der Waals surface area contributed by atoms with E-state index in [1.807, 2.05) is 23.9 Å². The summed E-state index contributed by atoms with van der Waals surface area (Å²) < 4.78 is 5.25. The SMILES string of the molecule is CCNC(=NCC1(O)CCSC1)N1CCC(c2ccc(OC)cc2)C1.I. The summed E-state index contributed by atoms with van der Waals surface area (Å²) in [6, 6.07) is 8.39. The monoisotopic (exact) mass is 491 g/mol. The summed E-state index contributed by atoms with van der Waals surface area (Å²) in [5.41, 5.74) is 0.727. The van der Waals surface area contributed by atoms with E-state index in [-0.39, 0.29) is 24.0 Å². The number of benzene rings is 1. The number of nitrogens with one attached hydrogen (secondary N) is 1.